The van der Waals surface area contributed by atoms with Crippen molar-refractivity contribution in [2.24, 2.45) is 4.99 Å². The molecule has 0 atom stereocenters. The summed E-state index contributed by atoms with van der Waals surface area (Å²) in [6, 6.07) is 13.0. The van der Waals surface area contributed by atoms with Crippen LogP contribution in [-0.4, -0.2) is 34.5 Å². The largest absolute Gasteiger partial charge is 0.478 e. The normalized spacial score (nSPS) is 13.9. The van der Waals surface area contributed by atoms with Crippen LogP contribution in [0.4, 0.5) is 11.4 Å². The average Bonchev–Trinajstić information content (AvgIpc) is 2.82. The molecule has 0 bridgehead atoms. The zero-order valence-electron chi connectivity index (χ0n) is 16.1. The zero-order chi connectivity index (χ0) is 21.0. The fourth-order valence-electron chi connectivity index (χ4n) is 2.81. The molecular formula is C22H21N3O4. The molecular weight excluding hydrogens is 370 g/mol. The van der Waals surface area contributed by atoms with Crippen LogP contribution in [0.25, 0.3) is 0 Å². The Morgan fingerprint density at radius 3 is 1.79 bits per heavy atom. The van der Waals surface area contributed by atoms with Gasteiger partial charge in [0.15, 0.2) is 0 Å². The molecule has 1 heterocycles. The van der Waals surface area contributed by atoms with E-state index in [0.717, 1.165) is 28.2 Å². The van der Waals surface area contributed by atoms with Crippen LogP contribution in [-0.2, 0) is 0 Å². The van der Waals surface area contributed by atoms with Gasteiger partial charge >= 0.3 is 11.9 Å². The number of rotatable bonds is 5. The van der Waals surface area contributed by atoms with E-state index < -0.39 is 11.9 Å². The highest BCUT2D eigenvalue weighted by Crippen LogP contribution is 2.20. The fraction of sp³-hybridized carbons (Fsp3) is 0.136. The minimum Gasteiger partial charge on any atom is -0.478 e. The molecule has 0 unspecified atom stereocenters. The van der Waals surface area contributed by atoms with Crippen LogP contribution in [0.1, 0.15) is 34.6 Å². The SMILES string of the molecule is CC1=C(C)C(Nc2ccc(C(=O)O)cc2)=NCC(Nc2ccc(C(=O)O)cc2)=C1. The first-order chi connectivity index (χ1) is 13.8. The van der Waals surface area contributed by atoms with Crippen LogP contribution in [0, 0.1) is 0 Å². The molecule has 0 saturated carbocycles. The summed E-state index contributed by atoms with van der Waals surface area (Å²) in [5.74, 6) is -1.22. The lowest BCUT2D eigenvalue weighted by Gasteiger charge is -2.11. The maximum absolute atomic E-state index is 11.0. The fourth-order valence-corrected chi connectivity index (χ4v) is 2.81. The molecule has 1 aliphatic heterocycles. The molecule has 7 heteroatoms. The van der Waals surface area contributed by atoms with Crippen LogP contribution in [0.15, 0.2) is 76.4 Å². The van der Waals surface area contributed by atoms with Crippen molar-refractivity contribution in [1.82, 2.24) is 0 Å². The second-order valence-corrected chi connectivity index (χ2v) is 6.66. The number of nitrogens with one attached hydrogen (secondary N) is 2. The Morgan fingerprint density at radius 2 is 1.31 bits per heavy atom. The van der Waals surface area contributed by atoms with E-state index in [0.29, 0.717) is 12.4 Å². The molecule has 1 aliphatic rings. The highest BCUT2D eigenvalue weighted by molar-refractivity contribution is 6.08. The average molecular weight is 391 g/mol. The molecule has 2 aromatic carbocycles. The molecule has 0 radical (unpaired) electrons. The van der Waals surface area contributed by atoms with Gasteiger partial charge < -0.3 is 20.8 Å². The first-order valence-electron chi connectivity index (χ1n) is 8.97. The topological polar surface area (TPSA) is 111 Å². The number of hydrogen-bond donors (Lipinski definition) is 4. The predicted octanol–water partition coefficient (Wildman–Crippen LogP) is 4.24. The molecule has 7 nitrogen and oxygen atoms in total. The van der Waals surface area contributed by atoms with Crippen LogP contribution < -0.4 is 10.6 Å². The second-order valence-electron chi connectivity index (χ2n) is 6.66. The molecule has 0 aliphatic carbocycles. The van der Waals surface area contributed by atoms with E-state index in [1.54, 1.807) is 48.5 Å². The van der Waals surface area contributed by atoms with Gasteiger partial charge in [-0.05, 0) is 79.6 Å². The molecule has 2 aromatic rings. The van der Waals surface area contributed by atoms with Crippen molar-refractivity contribution in [3.05, 3.63) is 82.6 Å². The molecule has 0 amide bonds. The number of nitrogens with zero attached hydrogens (tertiary/aromatic N) is 1. The van der Waals surface area contributed by atoms with E-state index in [-0.39, 0.29) is 11.1 Å². The summed E-state index contributed by atoms with van der Waals surface area (Å²) in [7, 11) is 0. The number of aliphatic imine (C=N–C) groups is 1. The standard InChI is InChI=1S/C22H21N3O4/c1-13-11-19(24-17-7-3-15(4-8-17)21(26)27)12-23-20(14(13)2)25-18-9-5-16(6-10-18)22(28)29/h3-11,24H,12H2,1-2H3,(H,23,25)(H,26,27)(H,28,29). The van der Waals surface area contributed by atoms with Gasteiger partial charge in [0.25, 0.3) is 0 Å². The van der Waals surface area contributed by atoms with Crippen molar-refractivity contribution in [2.45, 2.75) is 13.8 Å². The summed E-state index contributed by atoms with van der Waals surface area (Å²) in [6.45, 7) is 4.36. The van der Waals surface area contributed by atoms with Crippen LogP contribution in [0.2, 0.25) is 0 Å². The second kappa shape index (κ2) is 8.43. The minimum absolute atomic E-state index is 0.226. The summed E-state index contributed by atoms with van der Waals surface area (Å²) in [4.78, 5) is 26.6. The van der Waals surface area contributed by atoms with Crippen LogP contribution in [0.3, 0.4) is 0 Å². The van der Waals surface area contributed by atoms with Gasteiger partial charge in [0, 0.05) is 17.1 Å². The van der Waals surface area contributed by atoms with Gasteiger partial charge in [-0.25, -0.2) is 9.59 Å². The monoisotopic (exact) mass is 391 g/mol. The summed E-state index contributed by atoms with van der Waals surface area (Å²) in [5, 5.41) is 24.5. The minimum atomic E-state index is -0.966. The maximum atomic E-state index is 11.0. The van der Waals surface area contributed by atoms with Crippen molar-refractivity contribution >= 4 is 29.1 Å². The molecule has 0 saturated heterocycles. The molecule has 4 N–H and O–H groups in total. The van der Waals surface area contributed by atoms with E-state index in [4.69, 9.17) is 10.2 Å². The lowest BCUT2D eigenvalue weighted by molar-refractivity contribution is 0.0686. The summed E-state index contributed by atoms with van der Waals surface area (Å²) in [6.07, 6.45) is 2.01. The maximum Gasteiger partial charge on any atom is 0.335 e. The molecule has 29 heavy (non-hydrogen) atoms. The van der Waals surface area contributed by atoms with Crippen molar-refractivity contribution in [3.63, 3.8) is 0 Å². The smallest absolute Gasteiger partial charge is 0.335 e. The highest BCUT2D eigenvalue weighted by atomic mass is 16.4. The number of amidine groups is 1. The van der Waals surface area contributed by atoms with E-state index in [1.165, 1.54) is 0 Å². The van der Waals surface area contributed by atoms with Crippen LogP contribution in [0.5, 0.6) is 0 Å². The van der Waals surface area contributed by atoms with Crippen molar-refractivity contribution < 1.29 is 19.8 Å². The molecule has 0 fully saturated rings. The molecule has 0 aromatic heterocycles. The van der Waals surface area contributed by atoms with Gasteiger partial charge in [-0.3, -0.25) is 4.99 Å². The molecule has 0 spiro atoms. The van der Waals surface area contributed by atoms with E-state index in [9.17, 15) is 9.59 Å². The van der Waals surface area contributed by atoms with E-state index in [2.05, 4.69) is 15.6 Å². The Bertz CT molecular complexity index is 1030. The van der Waals surface area contributed by atoms with Crippen molar-refractivity contribution in [2.75, 3.05) is 17.2 Å². The van der Waals surface area contributed by atoms with Gasteiger partial charge in [0.1, 0.15) is 5.84 Å². The molecule has 3 rings (SSSR count). The van der Waals surface area contributed by atoms with E-state index >= 15 is 0 Å². The number of allylic oxidation sites excluding steroid dienone is 2. The third-order valence-electron chi connectivity index (χ3n) is 4.58. The number of aromatic carboxylic acids is 2. The number of carboxylic acids is 2. The lowest BCUT2D eigenvalue weighted by Crippen LogP contribution is -2.15. The number of benzene rings is 2. The van der Waals surface area contributed by atoms with E-state index in [1.807, 2.05) is 19.9 Å². The summed E-state index contributed by atoms with van der Waals surface area (Å²) >= 11 is 0. The summed E-state index contributed by atoms with van der Waals surface area (Å²) in [5.41, 5.74) is 4.87. The van der Waals surface area contributed by atoms with Gasteiger partial charge in [-0.15, -0.1) is 0 Å². The third kappa shape index (κ3) is 4.90. The number of carbonyl (C=O) groups is 2. The first-order valence-corrected chi connectivity index (χ1v) is 8.97. The van der Waals surface area contributed by atoms with Crippen molar-refractivity contribution in [1.29, 1.82) is 0 Å². The number of anilines is 2. The van der Waals surface area contributed by atoms with Gasteiger partial charge in [0.2, 0.25) is 0 Å². The van der Waals surface area contributed by atoms with Gasteiger partial charge in [0.05, 0.1) is 17.7 Å². The zero-order valence-corrected chi connectivity index (χ0v) is 16.1. The Morgan fingerprint density at radius 1 is 0.828 bits per heavy atom. The quantitative estimate of drug-likeness (QED) is 0.607. The Balaban J connectivity index is 1.75. The van der Waals surface area contributed by atoms with Gasteiger partial charge in [-0.1, -0.05) is 0 Å². The Kier molecular flexibility index (Phi) is 5.78. The Labute approximate surface area is 168 Å². The van der Waals surface area contributed by atoms with Gasteiger partial charge in [-0.2, -0.15) is 0 Å². The highest BCUT2D eigenvalue weighted by Gasteiger charge is 2.12. The predicted molar refractivity (Wildman–Crippen MR) is 113 cm³/mol. The lowest BCUT2D eigenvalue weighted by atomic mass is 10.1. The summed E-state index contributed by atoms with van der Waals surface area (Å²) < 4.78 is 0. The van der Waals surface area contributed by atoms with Crippen molar-refractivity contribution in [3.8, 4) is 0 Å². The van der Waals surface area contributed by atoms with Crippen LogP contribution >= 0.6 is 0 Å². The number of hydrogen-bond acceptors (Lipinski definition) is 5. The molecule has 148 valence electrons. The number of carboxylic acid groups (broad SMARTS) is 2. The third-order valence-corrected chi connectivity index (χ3v) is 4.58. The Hall–Kier alpha value is -3.87. The first kappa shape index (κ1) is 19.9.